The molecule has 216 valence electrons. The third-order valence-electron chi connectivity index (χ3n) is 6.72. The van der Waals surface area contributed by atoms with Gasteiger partial charge in [-0.1, -0.05) is 50.2 Å². The molecule has 3 aromatic carbocycles. The molecule has 1 unspecified atom stereocenters. The van der Waals surface area contributed by atoms with Crippen LogP contribution in [0.15, 0.2) is 77.7 Å². The van der Waals surface area contributed by atoms with E-state index in [-0.39, 0.29) is 29.8 Å². The largest absolute Gasteiger partial charge is 0.497 e. The van der Waals surface area contributed by atoms with Gasteiger partial charge in [0.25, 0.3) is 5.91 Å². The van der Waals surface area contributed by atoms with E-state index < -0.39 is 22.2 Å². The van der Waals surface area contributed by atoms with Crippen molar-refractivity contribution in [2.45, 2.75) is 44.2 Å². The van der Waals surface area contributed by atoms with Crippen molar-refractivity contribution >= 4 is 21.6 Å². The first-order valence-corrected chi connectivity index (χ1v) is 14.8. The molecule has 3 aromatic rings. The Morgan fingerprint density at radius 2 is 1.62 bits per heavy atom. The molecule has 0 heterocycles. The third kappa shape index (κ3) is 8.06. The number of aliphatic hydroxyl groups excluding tert-OH is 1. The van der Waals surface area contributed by atoms with Gasteiger partial charge < -0.3 is 20.1 Å². The van der Waals surface area contributed by atoms with Gasteiger partial charge >= 0.3 is 0 Å². The summed E-state index contributed by atoms with van der Waals surface area (Å²) >= 11 is 0. The molecule has 0 radical (unpaired) electrons. The smallest absolute Gasteiger partial charge is 0.251 e. The quantitative estimate of drug-likeness (QED) is 0.323. The number of rotatable bonds is 13. The normalized spacial score (nSPS) is 13.2. The van der Waals surface area contributed by atoms with E-state index in [2.05, 4.69) is 5.32 Å². The van der Waals surface area contributed by atoms with Crippen LogP contribution in [0.3, 0.4) is 0 Å². The molecule has 2 N–H and O–H groups in total. The van der Waals surface area contributed by atoms with Crippen molar-refractivity contribution in [3.8, 4) is 5.75 Å². The first-order valence-electron chi connectivity index (χ1n) is 13.4. The van der Waals surface area contributed by atoms with Crippen LogP contribution in [0.4, 0.5) is 5.69 Å². The van der Waals surface area contributed by atoms with Crippen LogP contribution >= 0.6 is 0 Å². The molecule has 0 bridgehead atoms. The number of carbonyl (C=O) groups is 1. The van der Waals surface area contributed by atoms with Crippen LogP contribution in [0.2, 0.25) is 0 Å². The molecule has 0 spiro atoms. The standard InChI is InChI=1S/C31H41N3O5S/c1-22(2)20-34(40(37,38)27-16-14-26(39-6)15-17-27)21-30(35)29(18-24-10-8-7-9-11-24)32-31(36)28-19-25(33(4)5)13-12-23(28)3/h7-17,19,22,29-30,35H,18,20-21H2,1-6H3,(H,32,36)/t29-,30?/m0/s1. The Balaban J connectivity index is 1.92. The Hall–Kier alpha value is -3.40. The number of ether oxygens (including phenoxy) is 1. The number of aryl methyl sites for hydroxylation is 1. The summed E-state index contributed by atoms with van der Waals surface area (Å²) in [6.07, 6.45) is -0.841. The van der Waals surface area contributed by atoms with Gasteiger partial charge in [0.1, 0.15) is 5.75 Å². The topological polar surface area (TPSA) is 99.2 Å². The lowest BCUT2D eigenvalue weighted by Gasteiger charge is -2.31. The number of anilines is 1. The highest BCUT2D eigenvalue weighted by atomic mass is 32.2. The van der Waals surface area contributed by atoms with Gasteiger partial charge in [0.15, 0.2) is 0 Å². The molecule has 40 heavy (non-hydrogen) atoms. The summed E-state index contributed by atoms with van der Waals surface area (Å²) in [6.45, 7) is 5.74. The Labute approximate surface area is 238 Å². The number of methoxy groups -OCH3 is 1. The van der Waals surface area contributed by atoms with Crippen LogP contribution in [0.5, 0.6) is 5.75 Å². The van der Waals surface area contributed by atoms with Gasteiger partial charge in [-0.05, 0) is 66.8 Å². The summed E-state index contributed by atoms with van der Waals surface area (Å²) in [5, 5.41) is 14.5. The summed E-state index contributed by atoms with van der Waals surface area (Å²) in [6, 6.07) is 20.6. The molecule has 0 aliphatic rings. The van der Waals surface area contributed by atoms with Crippen LogP contribution in [0.25, 0.3) is 0 Å². The van der Waals surface area contributed by atoms with Gasteiger partial charge in [0, 0.05) is 38.4 Å². The molecule has 8 nitrogen and oxygen atoms in total. The van der Waals surface area contributed by atoms with E-state index in [1.165, 1.54) is 23.5 Å². The molecule has 0 fully saturated rings. The van der Waals surface area contributed by atoms with Crippen LogP contribution in [0.1, 0.15) is 35.3 Å². The lowest BCUT2D eigenvalue weighted by atomic mass is 9.99. The van der Waals surface area contributed by atoms with E-state index in [0.29, 0.717) is 17.7 Å². The van der Waals surface area contributed by atoms with E-state index in [4.69, 9.17) is 4.74 Å². The molecule has 3 rings (SSSR count). The molecule has 1 amide bonds. The van der Waals surface area contributed by atoms with Crippen LogP contribution in [0, 0.1) is 12.8 Å². The number of amides is 1. The van der Waals surface area contributed by atoms with Gasteiger partial charge in [-0.25, -0.2) is 8.42 Å². The van der Waals surface area contributed by atoms with Crippen molar-refractivity contribution in [2.75, 3.05) is 39.2 Å². The lowest BCUT2D eigenvalue weighted by molar-refractivity contribution is 0.0775. The lowest BCUT2D eigenvalue weighted by Crippen LogP contribution is -2.51. The maximum atomic E-state index is 13.7. The molecule has 0 aliphatic heterocycles. The minimum atomic E-state index is -3.93. The van der Waals surface area contributed by atoms with Crippen molar-refractivity contribution in [1.82, 2.24) is 9.62 Å². The maximum absolute atomic E-state index is 13.7. The fourth-order valence-electron chi connectivity index (χ4n) is 4.44. The molecule has 0 saturated heterocycles. The van der Waals surface area contributed by atoms with Gasteiger partial charge in [-0.15, -0.1) is 0 Å². The zero-order valence-corrected chi connectivity index (χ0v) is 25.0. The molecule has 0 aliphatic carbocycles. The zero-order valence-electron chi connectivity index (χ0n) is 24.2. The van der Waals surface area contributed by atoms with Crippen molar-refractivity contribution in [1.29, 1.82) is 0 Å². The predicted octanol–water partition coefficient (Wildman–Crippen LogP) is 4.12. The Kier molecular flexibility index (Phi) is 10.7. The Morgan fingerprint density at radius 3 is 2.20 bits per heavy atom. The number of hydrogen-bond donors (Lipinski definition) is 2. The second kappa shape index (κ2) is 13.8. The summed E-state index contributed by atoms with van der Waals surface area (Å²) in [7, 11) is 1.40. The molecule has 9 heteroatoms. The van der Waals surface area contributed by atoms with Gasteiger partial charge in [0.05, 0.1) is 24.2 Å². The van der Waals surface area contributed by atoms with E-state index in [1.807, 2.05) is 88.3 Å². The predicted molar refractivity (Wildman–Crippen MR) is 160 cm³/mol. The number of nitrogens with one attached hydrogen (secondary N) is 1. The van der Waals surface area contributed by atoms with Gasteiger partial charge in [0.2, 0.25) is 10.0 Å². The van der Waals surface area contributed by atoms with Gasteiger partial charge in [-0.3, -0.25) is 4.79 Å². The summed E-state index contributed by atoms with van der Waals surface area (Å²) in [4.78, 5) is 15.5. The SMILES string of the molecule is COc1ccc(S(=O)(=O)N(CC(C)C)CC(O)[C@H](Cc2ccccc2)NC(=O)c2cc(N(C)C)ccc2C)cc1. The minimum absolute atomic E-state index is 0.0128. The summed E-state index contributed by atoms with van der Waals surface area (Å²) < 4.78 is 33.8. The van der Waals surface area contributed by atoms with Crippen molar-refractivity contribution < 1.29 is 23.1 Å². The van der Waals surface area contributed by atoms with Crippen molar-refractivity contribution in [3.63, 3.8) is 0 Å². The number of nitrogens with zero attached hydrogens (tertiary/aromatic N) is 2. The average molecular weight is 568 g/mol. The summed E-state index contributed by atoms with van der Waals surface area (Å²) in [5.74, 6) is 0.238. The van der Waals surface area contributed by atoms with E-state index in [0.717, 1.165) is 16.8 Å². The minimum Gasteiger partial charge on any atom is -0.497 e. The first-order chi connectivity index (χ1) is 18.9. The van der Waals surface area contributed by atoms with E-state index >= 15 is 0 Å². The van der Waals surface area contributed by atoms with Crippen molar-refractivity contribution in [2.24, 2.45) is 5.92 Å². The Bertz CT molecular complexity index is 1360. The Morgan fingerprint density at radius 1 is 0.975 bits per heavy atom. The summed E-state index contributed by atoms with van der Waals surface area (Å²) in [5.41, 5.74) is 3.10. The number of benzene rings is 3. The monoisotopic (exact) mass is 567 g/mol. The third-order valence-corrected chi connectivity index (χ3v) is 8.56. The number of hydrogen-bond acceptors (Lipinski definition) is 6. The van der Waals surface area contributed by atoms with E-state index in [1.54, 1.807) is 12.1 Å². The van der Waals surface area contributed by atoms with Crippen molar-refractivity contribution in [3.05, 3.63) is 89.5 Å². The molecule has 0 saturated carbocycles. The molecular weight excluding hydrogens is 526 g/mol. The van der Waals surface area contributed by atoms with E-state index in [9.17, 15) is 18.3 Å². The van der Waals surface area contributed by atoms with Crippen LogP contribution in [-0.4, -0.2) is 70.2 Å². The molecule has 2 atom stereocenters. The highest BCUT2D eigenvalue weighted by Crippen LogP contribution is 2.22. The average Bonchev–Trinajstić information content (AvgIpc) is 2.92. The number of aliphatic hydroxyl groups is 1. The second-order valence-electron chi connectivity index (χ2n) is 10.6. The highest BCUT2D eigenvalue weighted by molar-refractivity contribution is 7.89. The number of sulfonamides is 1. The first kappa shape index (κ1) is 31.1. The zero-order chi connectivity index (χ0) is 29.4. The van der Waals surface area contributed by atoms with Crippen LogP contribution in [-0.2, 0) is 16.4 Å². The molecule has 0 aromatic heterocycles. The fraction of sp³-hybridized carbons (Fsp3) is 0.387. The maximum Gasteiger partial charge on any atom is 0.251 e. The fourth-order valence-corrected chi connectivity index (χ4v) is 6.06. The highest BCUT2D eigenvalue weighted by Gasteiger charge is 2.31. The van der Waals surface area contributed by atoms with Gasteiger partial charge in [-0.2, -0.15) is 4.31 Å². The number of carbonyl (C=O) groups excluding carboxylic acids is 1. The van der Waals surface area contributed by atoms with Crippen LogP contribution < -0.4 is 15.0 Å². The second-order valence-corrected chi connectivity index (χ2v) is 12.6. The molecular formula is C31H41N3O5S.